The molecule has 0 atom stereocenters. The number of nitrogens with zero attached hydrogens (tertiary/aromatic N) is 7. The summed E-state index contributed by atoms with van der Waals surface area (Å²) < 4.78 is 5.17. The van der Waals surface area contributed by atoms with E-state index in [-0.39, 0.29) is 5.56 Å². The molecule has 29 heavy (non-hydrogen) atoms. The van der Waals surface area contributed by atoms with Gasteiger partial charge in [-0.25, -0.2) is 9.67 Å². The van der Waals surface area contributed by atoms with Crippen LogP contribution in [0.15, 0.2) is 47.5 Å². The Bertz CT molecular complexity index is 1400. The summed E-state index contributed by atoms with van der Waals surface area (Å²) in [5, 5.41) is 10.5. The Morgan fingerprint density at radius 3 is 2.66 bits per heavy atom. The van der Waals surface area contributed by atoms with Crippen LogP contribution in [0.5, 0.6) is 0 Å². The summed E-state index contributed by atoms with van der Waals surface area (Å²) in [7, 11) is 1.72. The molecule has 0 spiro atoms. The Morgan fingerprint density at radius 2 is 1.86 bits per heavy atom. The van der Waals surface area contributed by atoms with Gasteiger partial charge in [-0.3, -0.25) is 9.36 Å². The molecule has 5 rings (SSSR count). The van der Waals surface area contributed by atoms with Crippen LogP contribution in [0.25, 0.3) is 27.7 Å². The summed E-state index contributed by atoms with van der Waals surface area (Å²) in [5.41, 5.74) is 2.58. The first-order valence-corrected chi connectivity index (χ1v) is 9.80. The van der Waals surface area contributed by atoms with Crippen molar-refractivity contribution in [1.29, 1.82) is 0 Å². The van der Waals surface area contributed by atoms with Gasteiger partial charge in [-0.1, -0.05) is 37.3 Å². The largest absolute Gasteiger partial charge is 0.279 e. The first kappa shape index (κ1) is 17.5. The van der Waals surface area contributed by atoms with Crippen molar-refractivity contribution in [2.24, 2.45) is 7.05 Å². The Balaban J connectivity index is 1.69. The maximum absolute atomic E-state index is 12.9. The van der Waals surface area contributed by atoms with E-state index in [9.17, 15) is 4.79 Å². The smallest absolute Gasteiger partial charge is 0.264 e. The molecule has 0 aliphatic rings. The maximum atomic E-state index is 12.9. The molecule has 0 radical (unpaired) electrons. The normalized spacial score (nSPS) is 11.8. The van der Waals surface area contributed by atoms with Gasteiger partial charge in [0.05, 0.1) is 22.5 Å². The molecular formula is C21H21N7O. The monoisotopic (exact) mass is 387 g/mol. The lowest BCUT2D eigenvalue weighted by Gasteiger charge is -2.07. The summed E-state index contributed by atoms with van der Waals surface area (Å²) in [6.07, 6.45) is 5.96. The Kier molecular flexibility index (Phi) is 4.12. The summed E-state index contributed by atoms with van der Waals surface area (Å²) in [4.78, 5) is 22.0. The first-order valence-electron chi connectivity index (χ1n) is 9.80. The van der Waals surface area contributed by atoms with Gasteiger partial charge in [0, 0.05) is 26.2 Å². The van der Waals surface area contributed by atoms with Crippen LogP contribution in [-0.2, 0) is 26.4 Å². The third-order valence-electron chi connectivity index (χ3n) is 5.25. The second kappa shape index (κ2) is 6.80. The number of pyridine rings is 1. The fraction of sp³-hybridized carbons (Fsp3) is 0.286. The van der Waals surface area contributed by atoms with Crippen molar-refractivity contribution < 1.29 is 0 Å². The van der Waals surface area contributed by atoms with E-state index in [0.29, 0.717) is 23.2 Å². The van der Waals surface area contributed by atoms with Crippen molar-refractivity contribution in [1.82, 2.24) is 33.9 Å². The molecule has 8 heteroatoms. The van der Waals surface area contributed by atoms with Crippen molar-refractivity contribution in [3.8, 4) is 0 Å². The highest BCUT2D eigenvalue weighted by Gasteiger charge is 2.18. The lowest BCUT2D eigenvalue weighted by Crippen LogP contribution is -2.20. The molecular weight excluding hydrogens is 366 g/mol. The topological polar surface area (TPSA) is 82.9 Å². The molecule has 0 aliphatic carbocycles. The maximum Gasteiger partial charge on any atom is 0.264 e. The van der Waals surface area contributed by atoms with E-state index in [4.69, 9.17) is 0 Å². The average molecular weight is 387 g/mol. The van der Waals surface area contributed by atoms with Crippen LogP contribution in [0, 0.1) is 0 Å². The Labute approximate surface area is 166 Å². The van der Waals surface area contributed by atoms with Crippen LogP contribution >= 0.6 is 0 Å². The number of hydrogen-bond acceptors (Lipinski definition) is 5. The van der Waals surface area contributed by atoms with Crippen LogP contribution in [0.1, 0.15) is 24.7 Å². The molecule has 8 nitrogen and oxygen atoms in total. The van der Waals surface area contributed by atoms with Gasteiger partial charge in [0.15, 0.2) is 11.5 Å². The number of hydrogen-bond donors (Lipinski definition) is 0. The first-order chi connectivity index (χ1) is 14.2. The van der Waals surface area contributed by atoms with Crippen LogP contribution in [0.3, 0.4) is 0 Å². The molecule has 0 N–H and O–H groups in total. The standard InChI is InChI=1S/C21H21N7O/c1-3-7-17-24-21-26(2)20(29)16-12-22-19-15(18(16)28(21)25-17)13-23-27(19)11-10-14-8-5-4-6-9-14/h4-6,8-9,12-13H,3,7,10-11H2,1-2H3. The minimum Gasteiger partial charge on any atom is -0.279 e. The fourth-order valence-electron chi connectivity index (χ4n) is 3.76. The predicted molar refractivity (Wildman–Crippen MR) is 111 cm³/mol. The molecule has 146 valence electrons. The number of fused-ring (bicyclic) bond motifs is 5. The Hall–Kier alpha value is -3.55. The third kappa shape index (κ3) is 2.79. The lowest BCUT2D eigenvalue weighted by molar-refractivity contribution is 0.630. The quantitative estimate of drug-likeness (QED) is 0.463. The van der Waals surface area contributed by atoms with Gasteiger partial charge < -0.3 is 0 Å². The predicted octanol–water partition coefficient (Wildman–Crippen LogP) is 2.52. The van der Waals surface area contributed by atoms with Crippen molar-refractivity contribution >= 4 is 27.7 Å². The summed E-state index contributed by atoms with van der Waals surface area (Å²) in [6.45, 7) is 2.79. The van der Waals surface area contributed by atoms with Crippen LogP contribution in [0.4, 0.5) is 0 Å². The molecule has 4 aromatic heterocycles. The zero-order valence-electron chi connectivity index (χ0n) is 16.4. The highest BCUT2D eigenvalue weighted by atomic mass is 16.1. The lowest BCUT2D eigenvalue weighted by atomic mass is 10.1. The van der Waals surface area contributed by atoms with Crippen LogP contribution in [0.2, 0.25) is 0 Å². The molecule has 0 bridgehead atoms. The van der Waals surface area contributed by atoms with Crippen molar-refractivity contribution in [2.75, 3.05) is 0 Å². The zero-order chi connectivity index (χ0) is 20.0. The fourth-order valence-corrected chi connectivity index (χ4v) is 3.76. The van der Waals surface area contributed by atoms with Crippen molar-refractivity contribution in [3.63, 3.8) is 0 Å². The Morgan fingerprint density at radius 1 is 1.03 bits per heavy atom. The van der Waals surface area contributed by atoms with E-state index in [1.54, 1.807) is 24.0 Å². The zero-order valence-corrected chi connectivity index (χ0v) is 16.4. The molecule has 1 aromatic carbocycles. The van der Waals surface area contributed by atoms with Gasteiger partial charge in [0.2, 0.25) is 5.78 Å². The highest BCUT2D eigenvalue weighted by Crippen LogP contribution is 2.22. The molecule has 5 aromatic rings. The molecule has 0 fully saturated rings. The minimum atomic E-state index is -0.130. The van der Waals surface area contributed by atoms with E-state index in [2.05, 4.69) is 39.2 Å². The van der Waals surface area contributed by atoms with Crippen molar-refractivity contribution in [2.45, 2.75) is 32.7 Å². The second-order valence-corrected chi connectivity index (χ2v) is 7.22. The number of rotatable bonds is 5. The SMILES string of the molecule is CCCc1nc2n(C)c(=O)c3cnc4c(cnn4CCc4ccccc4)c3n2n1. The summed E-state index contributed by atoms with van der Waals surface area (Å²) >= 11 is 0. The van der Waals surface area contributed by atoms with Gasteiger partial charge in [0.25, 0.3) is 5.56 Å². The molecule has 0 amide bonds. The highest BCUT2D eigenvalue weighted by molar-refractivity contribution is 6.02. The molecule has 0 unspecified atom stereocenters. The van der Waals surface area contributed by atoms with E-state index in [1.807, 2.05) is 22.9 Å². The van der Waals surface area contributed by atoms with Gasteiger partial charge in [0.1, 0.15) is 0 Å². The number of aromatic nitrogens is 7. The third-order valence-corrected chi connectivity index (χ3v) is 5.25. The van der Waals surface area contributed by atoms with E-state index in [0.717, 1.165) is 36.1 Å². The number of aryl methyl sites for hydroxylation is 4. The minimum absolute atomic E-state index is 0.130. The van der Waals surface area contributed by atoms with Crippen LogP contribution < -0.4 is 5.56 Å². The van der Waals surface area contributed by atoms with Gasteiger partial charge in [-0.15, -0.1) is 5.10 Å². The molecule has 0 saturated heterocycles. The van der Waals surface area contributed by atoms with E-state index >= 15 is 0 Å². The summed E-state index contributed by atoms with van der Waals surface area (Å²) in [6, 6.07) is 10.3. The van der Waals surface area contributed by atoms with E-state index < -0.39 is 0 Å². The van der Waals surface area contributed by atoms with Gasteiger partial charge >= 0.3 is 0 Å². The van der Waals surface area contributed by atoms with Gasteiger partial charge in [-0.2, -0.15) is 14.6 Å². The van der Waals surface area contributed by atoms with E-state index in [1.165, 1.54) is 10.1 Å². The molecule has 0 saturated carbocycles. The summed E-state index contributed by atoms with van der Waals surface area (Å²) in [5.74, 6) is 1.27. The van der Waals surface area contributed by atoms with Gasteiger partial charge in [-0.05, 0) is 18.4 Å². The van der Waals surface area contributed by atoms with Crippen LogP contribution in [-0.4, -0.2) is 33.9 Å². The average Bonchev–Trinajstić information content (AvgIpc) is 3.35. The molecule has 0 aliphatic heterocycles. The number of benzene rings is 1. The second-order valence-electron chi connectivity index (χ2n) is 7.22. The van der Waals surface area contributed by atoms with Crippen molar-refractivity contribution in [3.05, 3.63) is 64.5 Å². The molecule has 4 heterocycles.